The topological polar surface area (TPSA) is 57.8 Å². The molecule has 0 aliphatic heterocycles. The van der Waals surface area contributed by atoms with Gasteiger partial charge in [0.05, 0.1) is 5.69 Å². The van der Waals surface area contributed by atoms with Gasteiger partial charge in [0.2, 0.25) is 5.91 Å². The van der Waals surface area contributed by atoms with Crippen LogP contribution in [0.25, 0.3) is 11.3 Å². The molecule has 0 aliphatic carbocycles. The SMILES string of the molecule is CC=CC(=O)NCc1ccc(-c2ccn[nH]2)cc1. The Morgan fingerprint density at radius 3 is 2.72 bits per heavy atom. The molecule has 2 N–H and O–H groups in total. The lowest BCUT2D eigenvalue weighted by Crippen LogP contribution is -2.20. The maximum atomic E-state index is 11.3. The van der Waals surface area contributed by atoms with E-state index in [9.17, 15) is 4.79 Å². The zero-order valence-electron chi connectivity index (χ0n) is 10.2. The van der Waals surface area contributed by atoms with Crippen LogP contribution in [0.2, 0.25) is 0 Å². The third kappa shape index (κ3) is 3.07. The van der Waals surface area contributed by atoms with Crippen LogP contribution in [-0.4, -0.2) is 16.1 Å². The number of benzene rings is 1. The van der Waals surface area contributed by atoms with E-state index in [0.29, 0.717) is 6.54 Å². The first-order valence-corrected chi connectivity index (χ1v) is 5.79. The first-order chi connectivity index (χ1) is 8.79. The molecule has 4 heteroatoms. The first kappa shape index (κ1) is 12.1. The lowest BCUT2D eigenvalue weighted by molar-refractivity contribution is -0.116. The van der Waals surface area contributed by atoms with E-state index in [0.717, 1.165) is 16.8 Å². The van der Waals surface area contributed by atoms with E-state index >= 15 is 0 Å². The van der Waals surface area contributed by atoms with E-state index < -0.39 is 0 Å². The van der Waals surface area contributed by atoms with E-state index in [1.165, 1.54) is 6.08 Å². The Hall–Kier alpha value is -2.36. The standard InChI is InChI=1S/C14H15N3O/c1-2-3-14(18)15-10-11-4-6-12(7-5-11)13-8-9-16-17-13/h2-9H,10H2,1H3,(H,15,18)(H,16,17). The Kier molecular flexibility index (Phi) is 3.91. The molecule has 1 aromatic carbocycles. The number of hydrogen-bond donors (Lipinski definition) is 2. The van der Waals surface area contributed by atoms with Gasteiger partial charge in [0.1, 0.15) is 0 Å². The van der Waals surface area contributed by atoms with Crippen molar-refractivity contribution in [2.45, 2.75) is 13.5 Å². The summed E-state index contributed by atoms with van der Waals surface area (Å²) in [4.78, 5) is 11.3. The predicted molar refractivity (Wildman–Crippen MR) is 70.7 cm³/mol. The molecule has 1 heterocycles. The minimum Gasteiger partial charge on any atom is -0.348 e. The molecule has 1 amide bonds. The van der Waals surface area contributed by atoms with E-state index in [-0.39, 0.29) is 5.91 Å². The summed E-state index contributed by atoms with van der Waals surface area (Å²) < 4.78 is 0. The van der Waals surface area contributed by atoms with Crippen molar-refractivity contribution in [3.63, 3.8) is 0 Å². The normalized spacial score (nSPS) is 10.7. The van der Waals surface area contributed by atoms with Crippen molar-refractivity contribution >= 4 is 5.91 Å². The Bertz CT molecular complexity index is 527. The highest BCUT2D eigenvalue weighted by atomic mass is 16.1. The summed E-state index contributed by atoms with van der Waals surface area (Å²) in [5, 5.41) is 9.63. The monoisotopic (exact) mass is 241 g/mol. The minimum absolute atomic E-state index is 0.0739. The lowest BCUT2D eigenvalue weighted by atomic mass is 10.1. The van der Waals surface area contributed by atoms with Gasteiger partial charge in [-0.05, 0) is 30.2 Å². The number of nitrogens with zero attached hydrogens (tertiary/aromatic N) is 1. The summed E-state index contributed by atoms with van der Waals surface area (Å²) in [5.41, 5.74) is 3.13. The number of amides is 1. The van der Waals surface area contributed by atoms with Crippen LogP contribution in [0.3, 0.4) is 0 Å². The van der Waals surface area contributed by atoms with Crippen molar-refractivity contribution in [3.8, 4) is 11.3 Å². The highest BCUT2D eigenvalue weighted by Crippen LogP contribution is 2.16. The largest absolute Gasteiger partial charge is 0.348 e. The third-order valence-electron chi connectivity index (χ3n) is 2.55. The highest BCUT2D eigenvalue weighted by molar-refractivity contribution is 5.87. The van der Waals surface area contributed by atoms with Gasteiger partial charge in [0.15, 0.2) is 0 Å². The van der Waals surface area contributed by atoms with Crippen molar-refractivity contribution in [3.05, 3.63) is 54.2 Å². The molecule has 0 bridgehead atoms. The van der Waals surface area contributed by atoms with E-state index in [1.807, 2.05) is 37.3 Å². The van der Waals surface area contributed by atoms with Crippen molar-refractivity contribution < 1.29 is 4.79 Å². The maximum absolute atomic E-state index is 11.3. The molecule has 0 aliphatic rings. The average molecular weight is 241 g/mol. The molecule has 0 saturated carbocycles. The van der Waals surface area contributed by atoms with Crippen LogP contribution in [0.4, 0.5) is 0 Å². The van der Waals surface area contributed by atoms with Crippen LogP contribution < -0.4 is 5.32 Å². The number of hydrogen-bond acceptors (Lipinski definition) is 2. The van der Waals surface area contributed by atoms with Gasteiger partial charge in [-0.15, -0.1) is 0 Å². The van der Waals surface area contributed by atoms with Gasteiger partial charge in [-0.25, -0.2) is 0 Å². The first-order valence-electron chi connectivity index (χ1n) is 5.79. The second-order valence-electron chi connectivity index (χ2n) is 3.89. The lowest BCUT2D eigenvalue weighted by Gasteiger charge is -2.04. The van der Waals surface area contributed by atoms with Gasteiger partial charge in [-0.3, -0.25) is 9.89 Å². The van der Waals surface area contributed by atoms with E-state index in [1.54, 1.807) is 12.3 Å². The summed E-state index contributed by atoms with van der Waals surface area (Å²) in [6.07, 6.45) is 4.95. The summed E-state index contributed by atoms with van der Waals surface area (Å²) in [6, 6.07) is 9.91. The van der Waals surface area contributed by atoms with Crippen LogP contribution in [0, 0.1) is 0 Å². The Morgan fingerprint density at radius 2 is 2.11 bits per heavy atom. The predicted octanol–water partition coefficient (Wildman–Crippen LogP) is 2.27. The van der Waals surface area contributed by atoms with Gasteiger partial charge < -0.3 is 5.32 Å². The molecule has 0 atom stereocenters. The molecule has 0 unspecified atom stereocenters. The van der Waals surface area contributed by atoms with Crippen molar-refractivity contribution in [2.24, 2.45) is 0 Å². The number of nitrogens with one attached hydrogen (secondary N) is 2. The molecule has 0 saturated heterocycles. The van der Waals surface area contributed by atoms with Gasteiger partial charge in [-0.2, -0.15) is 5.10 Å². The number of aromatic amines is 1. The number of rotatable bonds is 4. The summed E-state index contributed by atoms with van der Waals surface area (Å²) >= 11 is 0. The van der Waals surface area contributed by atoms with Crippen LogP contribution in [0.1, 0.15) is 12.5 Å². The number of carbonyl (C=O) groups is 1. The molecule has 2 rings (SSSR count). The summed E-state index contributed by atoms with van der Waals surface area (Å²) in [6.45, 7) is 2.35. The molecule has 0 spiro atoms. The second-order valence-corrected chi connectivity index (χ2v) is 3.89. The molecule has 92 valence electrons. The molecule has 2 aromatic rings. The fourth-order valence-corrected chi connectivity index (χ4v) is 1.62. The number of H-pyrrole nitrogens is 1. The van der Waals surface area contributed by atoms with Crippen LogP contribution in [0.15, 0.2) is 48.7 Å². The van der Waals surface area contributed by atoms with Crippen LogP contribution in [-0.2, 0) is 11.3 Å². The van der Waals surface area contributed by atoms with Crippen LogP contribution in [0.5, 0.6) is 0 Å². The zero-order valence-corrected chi connectivity index (χ0v) is 10.2. The van der Waals surface area contributed by atoms with Crippen molar-refractivity contribution in [2.75, 3.05) is 0 Å². The number of aromatic nitrogens is 2. The molecule has 4 nitrogen and oxygen atoms in total. The molecule has 0 fully saturated rings. The smallest absolute Gasteiger partial charge is 0.243 e. The fourth-order valence-electron chi connectivity index (χ4n) is 1.62. The van der Waals surface area contributed by atoms with Crippen LogP contribution >= 0.6 is 0 Å². The Labute approximate surface area is 106 Å². The quantitative estimate of drug-likeness (QED) is 0.807. The minimum atomic E-state index is -0.0739. The van der Waals surface area contributed by atoms with Gasteiger partial charge in [-0.1, -0.05) is 30.3 Å². The summed E-state index contributed by atoms with van der Waals surface area (Å²) in [7, 11) is 0. The summed E-state index contributed by atoms with van der Waals surface area (Å²) in [5.74, 6) is -0.0739. The van der Waals surface area contributed by atoms with E-state index in [4.69, 9.17) is 0 Å². The van der Waals surface area contributed by atoms with Crippen molar-refractivity contribution in [1.29, 1.82) is 0 Å². The molecular formula is C14H15N3O. The Balaban J connectivity index is 1.98. The Morgan fingerprint density at radius 1 is 1.33 bits per heavy atom. The highest BCUT2D eigenvalue weighted by Gasteiger charge is 2.00. The molecule has 18 heavy (non-hydrogen) atoms. The molecule has 0 radical (unpaired) electrons. The average Bonchev–Trinajstić information content (AvgIpc) is 2.91. The zero-order chi connectivity index (χ0) is 12.8. The van der Waals surface area contributed by atoms with Gasteiger partial charge >= 0.3 is 0 Å². The van der Waals surface area contributed by atoms with E-state index in [2.05, 4.69) is 15.5 Å². The molecular weight excluding hydrogens is 226 g/mol. The fraction of sp³-hybridized carbons (Fsp3) is 0.143. The number of carbonyl (C=O) groups excluding carboxylic acids is 1. The number of allylic oxidation sites excluding steroid dienone is 1. The third-order valence-corrected chi connectivity index (χ3v) is 2.55. The maximum Gasteiger partial charge on any atom is 0.243 e. The van der Waals surface area contributed by atoms with Gasteiger partial charge in [0, 0.05) is 12.7 Å². The van der Waals surface area contributed by atoms with Gasteiger partial charge in [0.25, 0.3) is 0 Å². The second kappa shape index (κ2) is 5.82. The molecule has 1 aromatic heterocycles. The van der Waals surface area contributed by atoms with Crippen molar-refractivity contribution in [1.82, 2.24) is 15.5 Å².